The lowest BCUT2D eigenvalue weighted by Crippen LogP contribution is -1.96. The van der Waals surface area contributed by atoms with Crippen LogP contribution >= 0.6 is 23.4 Å². The molecule has 90 valence electrons. The van der Waals surface area contributed by atoms with Crippen molar-refractivity contribution in [2.24, 2.45) is 7.05 Å². The van der Waals surface area contributed by atoms with E-state index in [2.05, 4.69) is 5.10 Å². The number of aromatic nitrogens is 2. The highest BCUT2D eigenvalue weighted by atomic mass is 35.5. The SMILES string of the molecule is Cc1nn(C)c(CSc2ccc(O)cc2)c1Cl. The molecule has 2 aromatic rings. The van der Waals surface area contributed by atoms with Gasteiger partial charge in [0.25, 0.3) is 0 Å². The number of aromatic hydroxyl groups is 1. The van der Waals surface area contributed by atoms with Crippen LogP contribution in [0.4, 0.5) is 0 Å². The van der Waals surface area contributed by atoms with Gasteiger partial charge in [-0.25, -0.2) is 0 Å². The van der Waals surface area contributed by atoms with Crippen LogP contribution < -0.4 is 0 Å². The van der Waals surface area contributed by atoms with Crippen LogP contribution in [0.25, 0.3) is 0 Å². The highest BCUT2D eigenvalue weighted by Crippen LogP contribution is 2.28. The maximum atomic E-state index is 9.19. The number of hydrogen-bond donors (Lipinski definition) is 1. The molecule has 0 aliphatic heterocycles. The van der Waals surface area contributed by atoms with E-state index in [1.54, 1.807) is 23.9 Å². The zero-order chi connectivity index (χ0) is 12.4. The molecule has 1 N–H and O–H groups in total. The van der Waals surface area contributed by atoms with Crippen LogP contribution in [0.5, 0.6) is 5.75 Å². The van der Waals surface area contributed by atoms with Crippen molar-refractivity contribution in [1.82, 2.24) is 9.78 Å². The predicted molar refractivity (Wildman–Crippen MR) is 70.6 cm³/mol. The van der Waals surface area contributed by atoms with E-state index in [4.69, 9.17) is 11.6 Å². The van der Waals surface area contributed by atoms with E-state index >= 15 is 0 Å². The van der Waals surface area contributed by atoms with E-state index in [9.17, 15) is 5.11 Å². The van der Waals surface area contributed by atoms with Gasteiger partial charge in [0, 0.05) is 17.7 Å². The van der Waals surface area contributed by atoms with Gasteiger partial charge in [-0.1, -0.05) is 11.6 Å². The van der Waals surface area contributed by atoms with Crippen LogP contribution in [-0.2, 0) is 12.8 Å². The van der Waals surface area contributed by atoms with Gasteiger partial charge in [-0.15, -0.1) is 11.8 Å². The van der Waals surface area contributed by atoms with Gasteiger partial charge < -0.3 is 5.11 Å². The lowest BCUT2D eigenvalue weighted by Gasteiger charge is -2.03. The summed E-state index contributed by atoms with van der Waals surface area (Å²) in [5.74, 6) is 1.05. The number of rotatable bonds is 3. The Labute approximate surface area is 109 Å². The number of phenolic OH excluding ortho intramolecular Hbond substituents is 1. The molecule has 0 radical (unpaired) electrons. The lowest BCUT2D eigenvalue weighted by molar-refractivity contribution is 0.475. The Morgan fingerprint density at radius 1 is 1.35 bits per heavy atom. The Kier molecular flexibility index (Phi) is 3.64. The normalized spacial score (nSPS) is 10.8. The van der Waals surface area contributed by atoms with Gasteiger partial charge in [0.15, 0.2) is 0 Å². The van der Waals surface area contributed by atoms with Gasteiger partial charge in [-0.3, -0.25) is 4.68 Å². The summed E-state index contributed by atoms with van der Waals surface area (Å²) in [6.07, 6.45) is 0. The first kappa shape index (κ1) is 12.3. The fourth-order valence-electron chi connectivity index (χ4n) is 1.53. The number of thioether (sulfide) groups is 1. The van der Waals surface area contributed by atoms with Crippen molar-refractivity contribution in [1.29, 1.82) is 0 Å². The number of phenols is 1. The molecule has 0 unspecified atom stereocenters. The molecule has 17 heavy (non-hydrogen) atoms. The zero-order valence-corrected chi connectivity index (χ0v) is 11.2. The Bertz CT molecular complexity index is 522. The third-order valence-electron chi connectivity index (χ3n) is 2.47. The molecule has 0 saturated carbocycles. The maximum Gasteiger partial charge on any atom is 0.115 e. The molecule has 2 rings (SSSR count). The van der Waals surface area contributed by atoms with Crippen molar-refractivity contribution in [3.05, 3.63) is 40.7 Å². The molecule has 3 nitrogen and oxygen atoms in total. The fourth-order valence-corrected chi connectivity index (χ4v) is 2.80. The first-order valence-electron chi connectivity index (χ1n) is 5.17. The minimum atomic E-state index is 0.281. The standard InChI is InChI=1S/C12H13ClN2OS/c1-8-12(13)11(15(2)14-8)7-17-10-5-3-9(16)4-6-10/h3-6,16H,7H2,1-2H3. The van der Waals surface area contributed by atoms with E-state index in [0.29, 0.717) is 0 Å². The molecule has 0 aliphatic rings. The second-order valence-electron chi connectivity index (χ2n) is 3.75. The summed E-state index contributed by atoms with van der Waals surface area (Å²) in [5.41, 5.74) is 1.87. The van der Waals surface area contributed by atoms with Crippen LogP contribution in [0.15, 0.2) is 29.2 Å². The highest BCUT2D eigenvalue weighted by Gasteiger charge is 2.10. The van der Waals surface area contributed by atoms with Crippen molar-refractivity contribution in [2.45, 2.75) is 17.6 Å². The van der Waals surface area contributed by atoms with E-state index in [1.165, 1.54) is 0 Å². The average Bonchev–Trinajstić information content (AvgIpc) is 2.54. The van der Waals surface area contributed by atoms with Crippen molar-refractivity contribution >= 4 is 23.4 Å². The van der Waals surface area contributed by atoms with E-state index in [1.807, 2.05) is 30.8 Å². The number of aryl methyl sites for hydroxylation is 2. The summed E-state index contributed by atoms with van der Waals surface area (Å²) in [7, 11) is 1.89. The molecule has 1 aromatic carbocycles. The summed E-state index contributed by atoms with van der Waals surface area (Å²) in [6, 6.07) is 7.13. The smallest absolute Gasteiger partial charge is 0.115 e. The Hall–Kier alpha value is -1.13. The fraction of sp³-hybridized carbons (Fsp3) is 0.250. The van der Waals surface area contributed by atoms with Crippen LogP contribution in [0, 0.1) is 6.92 Å². The molecule has 0 bridgehead atoms. The quantitative estimate of drug-likeness (QED) is 0.868. The summed E-state index contributed by atoms with van der Waals surface area (Å²) in [5, 5.41) is 14.2. The molecule has 0 aliphatic carbocycles. The first-order valence-corrected chi connectivity index (χ1v) is 6.54. The van der Waals surface area contributed by atoms with Gasteiger partial charge in [-0.05, 0) is 31.2 Å². The monoisotopic (exact) mass is 268 g/mol. The molecule has 0 fully saturated rings. The Balaban J connectivity index is 2.09. The molecule has 0 amide bonds. The molecule has 0 saturated heterocycles. The molecular weight excluding hydrogens is 256 g/mol. The minimum absolute atomic E-state index is 0.281. The van der Waals surface area contributed by atoms with Crippen molar-refractivity contribution in [3.8, 4) is 5.75 Å². The lowest BCUT2D eigenvalue weighted by atomic mass is 10.3. The van der Waals surface area contributed by atoms with Gasteiger partial charge >= 0.3 is 0 Å². The number of hydrogen-bond acceptors (Lipinski definition) is 3. The topological polar surface area (TPSA) is 38.0 Å². The number of halogens is 1. The second kappa shape index (κ2) is 5.02. The molecule has 1 heterocycles. The number of nitrogens with zero attached hydrogens (tertiary/aromatic N) is 2. The molecular formula is C12H13ClN2OS. The third-order valence-corrected chi connectivity index (χ3v) is 3.99. The van der Waals surface area contributed by atoms with Crippen LogP contribution in [-0.4, -0.2) is 14.9 Å². The molecule has 5 heteroatoms. The van der Waals surface area contributed by atoms with Crippen molar-refractivity contribution < 1.29 is 5.11 Å². The molecule has 0 spiro atoms. The Morgan fingerprint density at radius 3 is 2.53 bits per heavy atom. The minimum Gasteiger partial charge on any atom is -0.508 e. The predicted octanol–water partition coefficient (Wildman–Crippen LogP) is 3.38. The summed E-state index contributed by atoms with van der Waals surface area (Å²) >= 11 is 7.84. The summed E-state index contributed by atoms with van der Waals surface area (Å²) < 4.78 is 1.81. The van der Waals surface area contributed by atoms with Crippen LogP contribution in [0.3, 0.4) is 0 Å². The first-order chi connectivity index (χ1) is 8.08. The van der Waals surface area contributed by atoms with Gasteiger partial charge in [0.05, 0.1) is 16.4 Å². The summed E-state index contributed by atoms with van der Waals surface area (Å²) in [4.78, 5) is 1.10. The molecule has 1 aromatic heterocycles. The van der Waals surface area contributed by atoms with Gasteiger partial charge in [-0.2, -0.15) is 5.10 Å². The number of benzene rings is 1. The van der Waals surface area contributed by atoms with Crippen molar-refractivity contribution in [2.75, 3.05) is 0 Å². The Morgan fingerprint density at radius 2 is 2.00 bits per heavy atom. The van der Waals surface area contributed by atoms with Crippen molar-refractivity contribution in [3.63, 3.8) is 0 Å². The largest absolute Gasteiger partial charge is 0.508 e. The van der Waals surface area contributed by atoms with Gasteiger partial charge in [0.1, 0.15) is 5.75 Å². The average molecular weight is 269 g/mol. The molecule has 0 atom stereocenters. The van der Waals surface area contributed by atoms with Gasteiger partial charge in [0.2, 0.25) is 0 Å². The van der Waals surface area contributed by atoms with Crippen LogP contribution in [0.2, 0.25) is 5.02 Å². The highest BCUT2D eigenvalue weighted by molar-refractivity contribution is 7.98. The van der Waals surface area contributed by atoms with E-state index < -0.39 is 0 Å². The van der Waals surface area contributed by atoms with E-state index in [0.717, 1.165) is 27.1 Å². The maximum absolute atomic E-state index is 9.19. The summed E-state index contributed by atoms with van der Waals surface area (Å²) in [6.45, 7) is 1.90. The third kappa shape index (κ3) is 2.76. The van der Waals surface area contributed by atoms with E-state index in [-0.39, 0.29) is 5.75 Å². The van der Waals surface area contributed by atoms with Crippen LogP contribution in [0.1, 0.15) is 11.4 Å². The zero-order valence-electron chi connectivity index (χ0n) is 9.64. The second-order valence-corrected chi connectivity index (χ2v) is 5.18.